The standard InChI is InChI=1S/C12H14N4O4/c17-7-12(5-1-2-6-12)13-8-3-4-9(16(18)19)11-10(8)14-20-15-11/h3-4,13,17H,1-2,5-7H2. The number of rotatable bonds is 4. The van der Waals surface area contributed by atoms with Gasteiger partial charge in [-0.3, -0.25) is 10.1 Å². The van der Waals surface area contributed by atoms with Crippen molar-refractivity contribution in [3.8, 4) is 0 Å². The number of nitro groups is 1. The van der Waals surface area contributed by atoms with Crippen LogP contribution in [0.15, 0.2) is 16.8 Å². The molecule has 1 saturated carbocycles. The van der Waals surface area contributed by atoms with E-state index in [-0.39, 0.29) is 23.3 Å². The van der Waals surface area contributed by atoms with E-state index in [1.165, 1.54) is 6.07 Å². The highest BCUT2D eigenvalue weighted by Gasteiger charge is 2.34. The molecule has 2 aromatic rings. The quantitative estimate of drug-likeness (QED) is 0.647. The lowest BCUT2D eigenvalue weighted by atomic mass is 9.98. The van der Waals surface area contributed by atoms with Crippen molar-refractivity contribution in [1.82, 2.24) is 10.3 Å². The maximum Gasteiger partial charge on any atom is 0.300 e. The summed E-state index contributed by atoms with van der Waals surface area (Å²) in [7, 11) is 0. The van der Waals surface area contributed by atoms with E-state index in [9.17, 15) is 15.2 Å². The third-order valence-corrected chi connectivity index (χ3v) is 3.85. The number of benzene rings is 1. The number of hydrogen-bond acceptors (Lipinski definition) is 7. The van der Waals surface area contributed by atoms with Gasteiger partial charge in [0.05, 0.1) is 22.8 Å². The van der Waals surface area contributed by atoms with Crippen molar-refractivity contribution in [2.45, 2.75) is 31.2 Å². The van der Waals surface area contributed by atoms with Crippen LogP contribution < -0.4 is 5.32 Å². The molecule has 0 aliphatic heterocycles. The van der Waals surface area contributed by atoms with Crippen molar-refractivity contribution >= 4 is 22.4 Å². The average Bonchev–Trinajstić information content (AvgIpc) is 3.08. The van der Waals surface area contributed by atoms with Crippen LogP contribution in [0.25, 0.3) is 11.0 Å². The lowest BCUT2D eigenvalue weighted by Crippen LogP contribution is -2.39. The molecule has 0 radical (unpaired) electrons. The molecule has 0 spiro atoms. The Bertz CT molecular complexity index is 648. The fraction of sp³-hybridized carbons (Fsp3) is 0.500. The van der Waals surface area contributed by atoms with Gasteiger partial charge in [0.25, 0.3) is 0 Å². The highest BCUT2D eigenvalue weighted by molar-refractivity contribution is 5.93. The first-order valence-corrected chi connectivity index (χ1v) is 6.44. The van der Waals surface area contributed by atoms with Crippen molar-refractivity contribution in [1.29, 1.82) is 0 Å². The largest absolute Gasteiger partial charge is 0.394 e. The molecule has 1 aromatic heterocycles. The van der Waals surface area contributed by atoms with E-state index in [4.69, 9.17) is 0 Å². The molecule has 8 heteroatoms. The number of hydrogen-bond donors (Lipinski definition) is 2. The first-order chi connectivity index (χ1) is 9.65. The zero-order valence-corrected chi connectivity index (χ0v) is 10.7. The van der Waals surface area contributed by atoms with Gasteiger partial charge in [-0.1, -0.05) is 12.8 Å². The number of aromatic nitrogens is 2. The van der Waals surface area contributed by atoms with Crippen LogP contribution in [0.5, 0.6) is 0 Å². The molecule has 0 atom stereocenters. The molecule has 106 valence electrons. The monoisotopic (exact) mass is 278 g/mol. The van der Waals surface area contributed by atoms with Crippen molar-refractivity contribution in [2.24, 2.45) is 0 Å². The van der Waals surface area contributed by atoms with Gasteiger partial charge in [0.15, 0.2) is 5.52 Å². The minimum Gasteiger partial charge on any atom is -0.394 e. The molecule has 1 heterocycles. The topological polar surface area (TPSA) is 114 Å². The summed E-state index contributed by atoms with van der Waals surface area (Å²) < 4.78 is 4.62. The molecule has 1 fully saturated rings. The van der Waals surface area contributed by atoms with E-state index in [1.807, 2.05) is 0 Å². The Hall–Kier alpha value is -2.22. The molecule has 20 heavy (non-hydrogen) atoms. The summed E-state index contributed by atoms with van der Waals surface area (Å²) in [6.07, 6.45) is 3.79. The second-order valence-electron chi connectivity index (χ2n) is 5.12. The van der Waals surface area contributed by atoms with Gasteiger partial charge in [0, 0.05) is 6.07 Å². The normalized spacial score (nSPS) is 17.4. The van der Waals surface area contributed by atoms with Crippen LogP contribution in [0.4, 0.5) is 11.4 Å². The maximum absolute atomic E-state index is 10.9. The molecular formula is C12H14N4O4. The van der Waals surface area contributed by atoms with Crippen molar-refractivity contribution in [3.63, 3.8) is 0 Å². The molecule has 0 unspecified atom stereocenters. The van der Waals surface area contributed by atoms with E-state index in [2.05, 4.69) is 20.3 Å². The molecule has 1 aliphatic carbocycles. The highest BCUT2D eigenvalue weighted by atomic mass is 16.6. The van der Waals surface area contributed by atoms with Crippen molar-refractivity contribution in [3.05, 3.63) is 22.2 Å². The minimum absolute atomic E-state index is 0.0107. The third-order valence-electron chi connectivity index (χ3n) is 3.85. The number of nitro benzene ring substituents is 1. The number of aliphatic hydroxyl groups excluding tert-OH is 1. The molecule has 0 saturated heterocycles. The smallest absolute Gasteiger partial charge is 0.300 e. The van der Waals surface area contributed by atoms with Crippen LogP contribution in [-0.4, -0.2) is 32.5 Å². The van der Waals surface area contributed by atoms with Gasteiger partial charge in [0.1, 0.15) is 0 Å². The first kappa shape index (κ1) is 12.8. The zero-order chi connectivity index (χ0) is 14.2. The third kappa shape index (κ3) is 1.97. The predicted molar refractivity (Wildman–Crippen MR) is 70.4 cm³/mol. The maximum atomic E-state index is 10.9. The van der Waals surface area contributed by atoms with E-state index in [0.717, 1.165) is 25.7 Å². The second-order valence-corrected chi connectivity index (χ2v) is 5.12. The van der Waals surface area contributed by atoms with Crippen LogP contribution in [0.1, 0.15) is 25.7 Å². The predicted octanol–water partition coefficient (Wildman–Crippen LogP) is 1.85. The highest BCUT2D eigenvalue weighted by Crippen LogP contribution is 2.36. The van der Waals surface area contributed by atoms with Crippen molar-refractivity contribution < 1.29 is 14.7 Å². The van der Waals surface area contributed by atoms with Crippen LogP contribution in [0, 0.1) is 10.1 Å². The summed E-state index contributed by atoms with van der Waals surface area (Å²) in [6.45, 7) is 0.0107. The molecule has 1 aromatic carbocycles. The number of aliphatic hydroxyl groups is 1. The van der Waals surface area contributed by atoms with Gasteiger partial charge < -0.3 is 10.4 Å². The van der Waals surface area contributed by atoms with E-state index < -0.39 is 4.92 Å². The van der Waals surface area contributed by atoms with Gasteiger partial charge in [-0.2, -0.15) is 0 Å². The summed E-state index contributed by atoms with van der Waals surface area (Å²) in [5.74, 6) is 0. The Morgan fingerprint density at radius 1 is 1.35 bits per heavy atom. The fourth-order valence-electron chi connectivity index (χ4n) is 2.76. The van der Waals surface area contributed by atoms with E-state index in [1.54, 1.807) is 6.07 Å². The van der Waals surface area contributed by atoms with Gasteiger partial charge in [-0.15, -0.1) is 0 Å². The molecular weight excluding hydrogens is 264 g/mol. The Morgan fingerprint density at radius 2 is 2.05 bits per heavy atom. The lowest BCUT2D eigenvalue weighted by Gasteiger charge is -2.29. The molecule has 2 N–H and O–H groups in total. The number of nitrogens with one attached hydrogen (secondary N) is 1. The Labute approximate surface area is 113 Å². The molecule has 0 amide bonds. The molecule has 1 aliphatic rings. The van der Waals surface area contributed by atoms with E-state index >= 15 is 0 Å². The summed E-state index contributed by atoms with van der Waals surface area (Å²) >= 11 is 0. The Kier molecular flexibility index (Phi) is 3.01. The summed E-state index contributed by atoms with van der Waals surface area (Å²) in [5.41, 5.74) is 0.506. The zero-order valence-electron chi connectivity index (χ0n) is 10.7. The van der Waals surface area contributed by atoms with Crippen LogP contribution in [-0.2, 0) is 0 Å². The SMILES string of the molecule is O=[N+]([O-])c1ccc(NC2(CO)CCCC2)c2nonc12. The summed E-state index contributed by atoms with van der Waals surface area (Å²) in [4.78, 5) is 10.4. The average molecular weight is 278 g/mol. The number of non-ortho nitro benzene ring substituents is 1. The van der Waals surface area contributed by atoms with Gasteiger partial charge >= 0.3 is 5.69 Å². The second kappa shape index (κ2) is 4.71. The van der Waals surface area contributed by atoms with Gasteiger partial charge in [-0.25, -0.2) is 4.63 Å². The van der Waals surface area contributed by atoms with Crippen LogP contribution >= 0.6 is 0 Å². The first-order valence-electron chi connectivity index (χ1n) is 6.44. The lowest BCUT2D eigenvalue weighted by molar-refractivity contribution is -0.383. The molecule has 3 rings (SSSR count). The fourth-order valence-corrected chi connectivity index (χ4v) is 2.76. The number of fused-ring (bicyclic) bond motifs is 1. The summed E-state index contributed by atoms with van der Waals surface area (Å²) in [5, 5.41) is 31.1. The van der Waals surface area contributed by atoms with Crippen molar-refractivity contribution in [2.75, 3.05) is 11.9 Å². The number of nitrogens with zero attached hydrogens (tertiary/aromatic N) is 3. The van der Waals surface area contributed by atoms with E-state index in [0.29, 0.717) is 11.2 Å². The Balaban J connectivity index is 2.02. The van der Waals surface area contributed by atoms with Gasteiger partial charge in [-0.05, 0) is 29.2 Å². The molecule has 0 bridgehead atoms. The van der Waals surface area contributed by atoms with Gasteiger partial charge in [0.2, 0.25) is 5.52 Å². The number of anilines is 1. The Morgan fingerprint density at radius 3 is 2.70 bits per heavy atom. The molecule has 8 nitrogen and oxygen atoms in total. The van der Waals surface area contributed by atoms with Crippen LogP contribution in [0.3, 0.4) is 0 Å². The summed E-state index contributed by atoms with van der Waals surface area (Å²) in [6, 6.07) is 2.95. The minimum atomic E-state index is -0.520. The van der Waals surface area contributed by atoms with Crippen LogP contribution in [0.2, 0.25) is 0 Å².